The molecular formula is C26H23F3N6O3. The number of amides is 3. The Morgan fingerprint density at radius 3 is 2.63 bits per heavy atom. The minimum atomic E-state index is -4.51. The summed E-state index contributed by atoms with van der Waals surface area (Å²) in [5.74, 6) is 1.41. The first kappa shape index (κ1) is 25.1. The molecule has 1 aliphatic rings. The van der Waals surface area contributed by atoms with Crippen LogP contribution in [-0.2, 0) is 19.1 Å². The highest BCUT2D eigenvalue weighted by atomic mass is 19.4. The molecule has 3 heterocycles. The van der Waals surface area contributed by atoms with Crippen LogP contribution in [0, 0.1) is 6.92 Å². The Hall–Kier alpha value is -4.61. The number of alkyl halides is 3. The van der Waals surface area contributed by atoms with Crippen molar-refractivity contribution in [2.24, 2.45) is 0 Å². The molecule has 0 unspecified atom stereocenters. The van der Waals surface area contributed by atoms with Crippen LogP contribution in [0.2, 0.25) is 0 Å². The highest BCUT2D eigenvalue weighted by Gasteiger charge is 2.30. The number of aryl methyl sites for hydroxylation is 1. The van der Waals surface area contributed by atoms with Crippen LogP contribution in [-0.4, -0.2) is 45.1 Å². The Labute approximate surface area is 215 Å². The number of hydrogen-bond donors (Lipinski definition) is 2. The van der Waals surface area contributed by atoms with Crippen molar-refractivity contribution in [2.75, 3.05) is 18.9 Å². The van der Waals surface area contributed by atoms with E-state index in [1.807, 2.05) is 0 Å². The van der Waals surface area contributed by atoms with Gasteiger partial charge in [0.15, 0.2) is 0 Å². The maximum Gasteiger partial charge on any atom is 0.416 e. The van der Waals surface area contributed by atoms with Crippen molar-refractivity contribution in [3.63, 3.8) is 0 Å². The molecule has 9 nitrogen and oxygen atoms in total. The summed E-state index contributed by atoms with van der Waals surface area (Å²) >= 11 is 0. The number of rotatable bonds is 3. The first-order chi connectivity index (χ1) is 18.1. The predicted octanol–water partition coefficient (Wildman–Crippen LogP) is 5.33. The Kier molecular flexibility index (Phi) is 6.39. The topological polar surface area (TPSA) is 101 Å². The van der Waals surface area contributed by atoms with Gasteiger partial charge in [0, 0.05) is 36.4 Å². The molecule has 0 bridgehead atoms. The van der Waals surface area contributed by atoms with Gasteiger partial charge >= 0.3 is 18.2 Å². The zero-order valence-electron chi connectivity index (χ0n) is 20.5. The molecule has 5 rings (SSSR count). The van der Waals surface area contributed by atoms with E-state index in [-0.39, 0.29) is 11.7 Å². The van der Waals surface area contributed by atoms with Crippen LogP contribution < -0.4 is 15.4 Å². The molecule has 38 heavy (non-hydrogen) atoms. The fourth-order valence-corrected chi connectivity index (χ4v) is 4.36. The summed E-state index contributed by atoms with van der Waals surface area (Å²) in [6.07, 6.45) is -2.45. The van der Waals surface area contributed by atoms with Crippen LogP contribution in [0.3, 0.4) is 0 Å². The number of urea groups is 1. The Balaban J connectivity index is 1.36. The van der Waals surface area contributed by atoms with Gasteiger partial charge in [-0.05, 0) is 55.8 Å². The molecular weight excluding hydrogens is 501 g/mol. The maximum absolute atomic E-state index is 13.0. The van der Waals surface area contributed by atoms with E-state index in [9.17, 15) is 22.8 Å². The lowest BCUT2D eigenvalue weighted by atomic mass is 10.1. The summed E-state index contributed by atoms with van der Waals surface area (Å²) in [5, 5.41) is 5.81. The van der Waals surface area contributed by atoms with Crippen LogP contribution >= 0.6 is 0 Å². The van der Waals surface area contributed by atoms with Crippen molar-refractivity contribution < 1.29 is 27.5 Å². The summed E-state index contributed by atoms with van der Waals surface area (Å²) in [6, 6.07) is 10.5. The molecule has 0 spiro atoms. The summed E-state index contributed by atoms with van der Waals surface area (Å²) in [5.41, 5.74) is 1.28. The van der Waals surface area contributed by atoms with E-state index in [1.54, 1.807) is 43.1 Å². The molecule has 1 aliphatic heterocycles. The Bertz CT molecular complexity index is 1550. The third-order valence-electron chi connectivity index (χ3n) is 6.18. The first-order valence-electron chi connectivity index (χ1n) is 11.7. The van der Waals surface area contributed by atoms with Gasteiger partial charge in [-0.15, -0.1) is 0 Å². The third kappa shape index (κ3) is 4.97. The molecule has 4 aromatic rings. The molecule has 196 valence electrons. The number of ether oxygens (including phenoxy) is 1. The number of hydrogen-bond acceptors (Lipinski definition) is 5. The highest BCUT2D eigenvalue weighted by molar-refractivity contribution is 5.98. The standard InChI is InChI=1S/C26H23F3N6O3/c1-15-31-21-14-34(24(36)30-2)10-9-20(21)23(32-15)38-19-6-7-22-16(12-19)8-11-35(22)25(37)33-18-5-3-4-17(13-18)26(27,28)29/h3-8,11-13H,9-10,14H2,1-2H3,(H,30,36)(H,33,37). The van der Waals surface area contributed by atoms with E-state index < -0.39 is 17.8 Å². The number of benzene rings is 2. The first-order valence-corrected chi connectivity index (χ1v) is 11.7. The summed E-state index contributed by atoms with van der Waals surface area (Å²) in [7, 11) is 1.58. The van der Waals surface area contributed by atoms with Gasteiger partial charge in [-0.2, -0.15) is 18.2 Å². The van der Waals surface area contributed by atoms with Crippen molar-refractivity contribution >= 4 is 28.7 Å². The summed E-state index contributed by atoms with van der Waals surface area (Å²) in [6.45, 7) is 2.59. The van der Waals surface area contributed by atoms with Gasteiger partial charge < -0.3 is 20.3 Å². The van der Waals surface area contributed by atoms with Gasteiger partial charge in [0.2, 0.25) is 5.88 Å². The van der Waals surface area contributed by atoms with E-state index in [4.69, 9.17) is 4.74 Å². The summed E-state index contributed by atoms with van der Waals surface area (Å²) < 4.78 is 46.4. The lowest BCUT2D eigenvalue weighted by Crippen LogP contribution is -2.41. The van der Waals surface area contributed by atoms with Gasteiger partial charge in [-0.3, -0.25) is 4.57 Å². The normalized spacial score (nSPS) is 13.2. The SMILES string of the molecule is CNC(=O)N1CCc2c(nc(C)nc2Oc2ccc3c(ccn3C(=O)Nc3cccc(C(F)(F)F)c3)c2)C1. The third-order valence-corrected chi connectivity index (χ3v) is 6.18. The zero-order chi connectivity index (χ0) is 27.0. The second-order valence-corrected chi connectivity index (χ2v) is 8.75. The van der Waals surface area contributed by atoms with Gasteiger partial charge in [0.05, 0.1) is 23.3 Å². The minimum Gasteiger partial charge on any atom is -0.439 e. The predicted molar refractivity (Wildman–Crippen MR) is 133 cm³/mol. The number of fused-ring (bicyclic) bond motifs is 2. The van der Waals surface area contributed by atoms with E-state index in [2.05, 4.69) is 20.6 Å². The number of halogens is 3. The largest absolute Gasteiger partial charge is 0.439 e. The molecule has 0 atom stereocenters. The van der Waals surface area contributed by atoms with Gasteiger partial charge in [0.1, 0.15) is 11.6 Å². The number of nitrogens with one attached hydrogen (secondary N) is 2. The lowest BCUT2D eigenvalue weighted by molar-refractivity contribution is -0.137. The van der Waals surface area contributed by atoms with Gasteiger partial charge in [-0.25, -0.2) is 14.6 Å². The molecule has 12 heteroatoms. The fraction of sp³-hybridized carbons (Fsp3) is 0.231. The molecule has 2 N–H and O–H groups in total. The zero-order valence-corrected chi connectivity index (χ0v) is 20.5. The summed E-state index contributed by atoms with van der Waals surface area (Å²) in [4.78, 5) is 35.4. The van der Waals surface area contributed by atoms with E-state index in [0.29, 0.717) is 47.9 Å². The molecule has 0 fully saturated rings. The van der Waals surface area contributed by atoms with Crippen LogP contribution in [0.5, 0.6) is 11.6 Å². The molecule has 3 amide bonds. The van der Waals surface area contributed by atoms with E-state index in [1.165, 1.54) is 22.9 Å². The van der Waals surface area contributed by atoms with Crippen LogP contribution in [0.25, 0.3) is 10.9 Å². The lowest BCUT2D eigenvalue weighted by Gasteiger charge is -2.28. The van der Waals surface area contributed by atoms with Crippen LogP contribution in [0.1, 0.15) is 22.6 Å². The molecule has 2 aromatic heterocycles. The Morgan fingerprint density at radius 2 is 1.87 bits per heavy atom. The van der Waals surface area contributed by atoms with Crippen molar-refractivity contribution in [3.05, 3.63) is 77.4 Å². The molecule has 0 aliphatic carbocycles. The van der Waals surface area contributed by atoms with Crippen LogP contribution in [0.4, 0.5) is 28.4 Å². The second kappa shape index (κ2) is 9.69. The molecule has 0 saturated heterocycles. The smallest absolute Gasteiger partial charge is 0.416 e. The maximum atomic E-state index is 13.0. The number of carbonyl (C=O) groups is 2. The average Bonchev–Trinajstić information content (AvgIpc) is 3.31. The molecule has 2 aromatic carbocycles. The number of aromatic nitrogens is 3. The molecule has 0 radical (unpaired) electrons. The number of anilines is 1. The van der Waals surface area contributed by atoms with Crippen molar-refractivity contribution in [2.45, 2.75) is 26.1 Å². The quantitative estimate of drug-likeness (QED) is 0.377. The van der Waals surface area contributed by atoms with Crippen molar-refractivity contribution in [3.8, 4) is 11.6 Å². The fourth-order valence-electron chi connectivity index (χ4n) is 4.36. The van der Waals surface area contributed by atoms with Gasteiger partial charge in [-0.1, -0.05) is 6.07 Å². The monoisotopic (exact) mass is 524 g/mol. The average molecular weight is 525 g/mol. The van der Waals surface area contributed by atoms with E-state index in [0.717, 1.165) is 23.4 Å². The van der Waals surface area contributed by atoms with Gasteiger partial charge in [0.25, 0.3) is 0 Å². The number of carbonyl (C=O) groups excluding carboxylic acids is 2. The highest BCUT2D eigenvalue weighted by Crippen LogP contribution is 2.32. The van der Waals surface area contributed by atoms with Crippen molar-refractivity contribution in [1.82, 2.24) is 24.8 Å². The number of nitrogens with zero attached hydrogens (tertiary/aromatic N) is 4. The Morgan fingerprint density at radius 1 is 1.05 bits per heavy atom. The van der Waals surface area contributed by atoms with E-state index >= 15 is 0 Å². The molecule has 0 saturated carbocycles. The second-order valence-electron chi connectivity index (χ2n) is 8.75. The van der Waals surface area contributed by atoms with Crippen LogP contribution in [0.15, 0.2) is 54.7 Å². The van der Waals surface area contributed by atoms with Crippen molar-refractivity contribution in [1.29, 1.82) is 0 Å². The minimum absolute atomic E-state index is 0.0329.